The van der Waals surface area contributed by atoms with Crippen LogP contribution in [0.1, 0.15) is 32.6 Å². The van der Waals surface area contributed by atoms with Crippen molar-refractivity contribution in [1.82, 2.24) is 5.32 Å². The molecule has 112 valence electrons. The molecule has 0 radical (unpaired) electrons. The zero-order valence-electron chi connectivity index (χ0n) is 11.7. The molecule has 1 heterocycles. The van der Waals surface area contributed by atoms with Crippen LogP contribution in [-0.2, 0) is 9.59 Å². The molecule has 1 atom stereocenters. The highest BCUT2D eigenvalue weighted by atomic mass is 19.2. The summed E-state index contributed by atoms with van der Waals surface area (Å²) in [7, 11) is 0. The molecule has 1 aliphatic carbocycles. The van der Waals surface area contributed by atoms with Crippen molar-refractivity contribution >= 4 is 17.5 Å². The van der Waals surface area contributed by atoms with Crippen LogP contribution in [0.2, 0.25) is 0 Å². The molecule has 0 bridgehead atoms. The van der Waals surface area contributed by atoms with Crippen LogP contribution in [0.3, 0.4) is 0 Å². The van der Waals surface area contributed by atoms with Gasteiger partial charge in [0.2, 0.25) is 5.91 Å². The van der Waals surface area contributed by atoms with E-state index in [0.29, 0.717) is 12.8 Å². The molecular formula is C15H16F2N2O2. The molecule has 0 aromatic heterocycles. The van der Waals surface area contributed by atoms with E-state index < -0.39 is 23.2 Å². The minimum atomic E-state index is -1.03. The van der Waals surface area contributed by atoms with E-state index in [4.69, 9.17) is 0 Å². The summed E-state index contributed by atoms with van der Waals surface area (Å²) in [5.41, 5.74) is -0.665. The van der Waals surface area contributed by atoms with Crippen molar-refractivity contribution in [3.05, 3.63) is 29.8 Å². The van der Waals surface area contributed by atoms with E-state index in [1.54, 1.807) is 6.92 Å². The minimum Gasteiger partial charge on any atom is -0.340 e. The summed E-state index contributed by atoms with van der Waals surface area (Å²) in [6, 6.07) is 2.52. The zero-order chi connectivity index (χ0) is 15.2. The fourth-order valence-electron chi connectivity index (χ4n) is 3.21. The molecule has 2 fully saturated rings. The molecule has 2 amide bonds. The Hall–Kier alpha value is -1.98. The molecule has 1 aromatic rings. The lowest BCUT2D eigenvalue weighted by Gasteiger charge is -2.43. The summed E-state index contributed by atoms with van der Waals surface area (Å²) in [6.45, 7) is 1.58. The average Bonchev–Trinajstić information content (AvgIpc) is 2.90. The molecule has 6 heteroatoms. The highest BCUT2D eigenvalue weighted by Crippen LogP contribution is 2.36. The van der Waals surface area contributed by atoms with Crippen LogP contribution in [0, 0.1) is 11.6 Å². The Labute approximate surface area is 121 Å². The van der Waals surface area contributed by atoms with Gasteiger partial charge >= 0.3 is 0 Å². The van der Waals surface area contributed by atoms with Crippen molar-refractivity contribution < 1.29 is 18.4 Å². The van der Waals surface area contributed by atoms with Gasteiger partial charge in [0.25, 0.3) is 5.91 Å². The maximum absolute atomic E-state index is 13.4. The number of rotatable bonds is 1. The van der Waals surface area contributed by atoms with Gasteiger partial charge in [-0.15, -0.1) is 0 Å². The van der Waals surface area contributed by atoms with Crippen LogP contribution in [0.4, 0.5) is 14.5 Å². The zero-order valence-corrected chi connectivity index (χ0v) is 11.7. The maximum Gasteiger partial charge on any atom is 0.253 e. The number of halogens is 2. The van der Waals surface area contributed by atoms with Gasteiger partial charge in [-0.25, -0.2) is 8.78 Å². The Bertz CT molecular complexity index is 612. The molecule has 21 heavy (non-hydrogen) atoms. The average molecular weight is 294 g/mol. The van der Waals surface area contributed by atoms with Crippen molar-refractivity contribution in [2.24, 2.45) is 0 Å². The fourth-order valence-corrected chi connectivity index (χ4v) is 3.21. The highest BCUT2D eigenvalue weighted by Gasteiger charge is 2.51. The molecular weight excluding hydrogens is 278 g/mol. The molecule has 4 nitrogen and oxygen atoms in total. The van der Waals surface area contributed by atoms with Gasteiger partial charge in [-0.3, -0.25) is 14.5 Å². The molecule has 1 unspecified atom stereocenters. The SMILES string of the molecule is CC1C(=O)NC2(CCCC2)C(=O)N1c1ccc(F)c(F)c1. The van der Waals surface area contributed by atoms with E-state index >= 15 is 0 Å². The first-order valence-corrected chi connectivity index (χ1v) is 7.05. The molecule has 1 saturated heterocycles. The molecule has 3 rings (SSSR count). The lowest BCUT2D eigenvalue weighted by Crippen LogP contribution is -2.69. The van der Waals surface area contributed by atoms with E-state index in [1.165, 1.54) is 11.0 Å². The fraction of sp³-hybridized carbons (Fsp3) is 0.467. The van der Waals surface area contributed by atoms with Crippen molar-refractivity contribution in [3.8, 4) is 0 Å². The number of benzene rings is 1. The lowest BCUT2D eigenvalue weighted by atomic mass is 9.90. The Balaban J connectivity index is 2.03. The number of nitrogens with zero attached hydrogens (tertiary/aromatic N) is 1. The number of carbonyl (C=O) groups excluding carboxylic acids is 2. The first kappa shape index (κ1) is 14.0. The predicted octanol–water partition coefficient (Wildman–Crippen LogP) is 2.13. The van der Waals surface area contributed by atoms with Crippen LogP contribution in [0.25, 0.3) is 0 Å². The molecule has 1 aromatic carbocycles. The molecule has 1 aliphatic heterocycles. The standard InChI is InChI=1S/C15H16F2N2O2/c1-9-13(20)18-15(6-2-3-7-15)14(21)19(9)10-4-5-11(16)12(17)8-10/h4-5,8-9H,2-3,6-7H2,1H3,(H,18,20). The summed E-state index contributed by atoms with van der Waals surface area (Å²) in [5, 5.41) is 2.82. The number of anilines is 1. The van der Waals surface area contributed by atoms with E-state index in [1.807, 2.05) is 0 Å². The first-order chi connectivity index (χ1) is 9.94. The summed E-state index contributed by atoms with van der Waals surface area (Å²) in [6.07, 6.45) is 2.91. The van der Waals surface area contributed by atoms with Crippen molar-refractivity contribution in [3.63, 3.8) is 0 Å². The Morgan fingerprint density at radius 1 is 1.19 bits per heavy atom. The minimum absolute atomic E-state index is 0.215. The second-order valence-electron chi connectivity index (χ2n) is 5.73. The van der Waals surface area contributed by atoms with Crippen LogP contribution >= 0.6 is 0 Å². The van der Waals surface area contributed by atoms with Gasteiger partial charge in [-0.1, -0.05) is 12.8 Å². The van der Waals surface area contributed by atoms with Gasteiger partial charge < -0.3 is 5.32 Å². The Morgan fingerprint density at radius 3 is 2.48 bits per heavy atom. The predicted molar refractivity (Wildman–Crippen MR) is 72.6 cm³/mol. The maximum atomic E-state index is 13.4. The second kappa shape index (κ2) is 4.79. The normalized spacial score (nSPS) is 24.5. The monoisotopic (exact) mass is 294 g/mol. The van der Waals surface area contributed by atoms with Gasteiger partial charge in [-0.05, 0) is 31.9 Å². The lowest BCUT2D eigenvalue weighted by molar-refractivity contribution is -0.137. The third-order valence-corrected chi connectivity index (χ3v) is 4.40. The third-order valence-electron chi connectivity index (χ3n) is 4.40. The topological polar surface area (TPSA) is 49.4 Å². The smallest absolute Gasteiger partial charge is 0.253 e. The number of carbonyl (C=O) groups is 2. The summed E-state index contributed by atoms with van der Waals surface area (Å²) in [5.74, 6) is -2.51. The van der Waals surface area contributed by atoms with Crippen LogP contribution in [0.15, 0.2) is 18.2 Å². The number of nitrogens with one attached hydrogen (secondary N) is 1. The number of amides is 2. The van der Waals surface area contributed by atoms with Crippen molar-refractivity contribution in [2.75, 3.05) is 4.90 Å². The first-order valence-electron chi connectivity index (χ1n) is 7.05. The van der Waals surface area contributed by atoms with Gasteiger partial charge in [0.05, 0.1) is 0 Å². The van der Waals surface area contributed by atoms with E-state index in [2.05, 4.69) is 5.32 Å². The van der Waals surface area contributed by atoms with E-state index in [-0.39, 0.29) is 17.5 Å². The van der Waals surface area contributed by atoms with E-state index in [0.717, 1.165) is 25.0 Å². The second-order valence-corrected chi connectivity index (χ2v) is 5.73. The van der Waals surface area contributed by atoms with Gasteiger partial charge in [-0.2, -0.15) is 0 Å². The Morgan fingerprint density at radius 2 is 1.86 bits per heavy atom. The molecule has 1 spiro atoms. The van der Waals surface area contributed by atoms with Crippen LogP contribution in [-0.4, -0.2) is 23.4 Å². The van der Waals surface area contributed by atoms with Crippen molar-refractivity contribution in [2.45, 2.75) is 44.2 Å². The van der Waals surface area contributed by atoms with Gasteiger partial charge in [0, 0.05) is 11.8 Å². The van der Waals surface area contributed by atoms with Gasteiger partial charge in [0.1, 0.15) is 11.6 Å². The quantitative estimate of drug-likeness (QED) is 0.862. The number of hydrogen-bond donors (Lipinski definition) is 1. The molecule has 1 saturated carbocycles. The molecule has 2 aliphatic rings. The summed E-state index contributed by atoms with van der Waals surface area (Å²) >= 11 is 0. The highest BCUT2D eigenvalue weighted by molar-refractivity contribution is 6.10. The number of hydrogen-bond acceptors (Lipinski definition) is 2. The van der Waals surface area contributed by atoms with E-state index in [9.17, 15) is 18.4 Å². The van der Waals surface area contributed by atoms with Gasteiger partial charge in [0.15, 0.2) is 11.6 Å². The molecule has 1 N–H and O–H groups in total. The third kappa shape index (κ3) is 2.09. The summed E-state index contributed by atoms with van der Waals surface area (Å²) < 4.78 is 26.5. The van der Waals surface area contributed by atoms with Crippen LogP contribution < -0.4 is 10.2 Å². The summed E-state index contributed by atoms with van der Waals surface area (Å²) in [4.78, 5) is 26.2. The van der Waals surface area contributed by atoms with Crippen LogP contribution in [0.5, 0.6) is 0 Å². The largest absolute Gasteiger partial charge is 0.340 e. The van der Waals surface area contributed by atoms with Crippen molar-refractivity contribution in [1.29, 1.82) is 0 Å². The Kier molecular flexibility index (Phi) is 3.19. The number of piperazine rings is 1.